The van der Waals surface area contributed by atoms with Crippen molar-refractivity contribution in [1.82, 2.24) is 0 Å². The minimum atomic E-state index is -0.750. The highest BCUT2D eigenvalue weighted by Gasteiger charge is 2.44. The van der Waals surface area contributed by atoms with Gasteiger partial charge in [0.25, 0.3) is 0 Å². The van der Waals surface area contributed by atoms with Crippen molar-refractivity contribution in [3.63, 3.8) is 0 Å². The summed E-state index contributed by atoms with van der Waals surface area (Å²) in [6.45, 7) is 6.64. The Labute approximate surface area is 210 Å². The summed E-state index contributed by atoms with van der Waals surface area (Å²) in [6, 6.07) is 0. The van der Waals surface area contributed by atoms with Gasteiger partial charge in [-0.2, -0.15) is 0 Å². The van der Waals surface area contributed by atoms with E-state index in [4.69, 9.17) is 24.1 Å². The molecule has 0 aromatic heterocycles. The van der Waals surface area contributed by atoms with E-state index in [0.29, 0.717) is 19.4 Å². The predicted molar refractivity (Wildman–Crippen MR) is 133 cm³/mol. The number of ketones is 1. The molecule has 0 radical (unpaired) electrons. The molecule has 0 aromatic carbocycles. The first-order valence-electron chi connectivity index (χ1n) is 13.5. The number of unbranched alkanes of at least 4 members (excludes halogenated alkanes) is 3. The topological polar surface area (TPSA) is 91.3 Å². The van der Waals surface area contributed by atoms with Crippen LogP contribution in [0.3, 0.4) is 0 Å². The van der Waals surface area contributed by atoms with Gasteiger partial charge in [-0.05, 0) is 52.4 Å². The van der Waals surface area contributed by atoms with Crippen molar-refractivity contribution < 1.29 is 33.6 Å². The summed E-state index contributed by atoms with van der Waals surface area (Å²) in [5.74, 6) is -1.30. The minimum absolute atomic E-state index is 0.0323. The Hall–Kier alpha value is -1.54. The van der Waals surface area contributed by atoms with Crippen LogP contribution in [0.15, 0.2) is 24.3 Å². The standard InChI is InChI=1S/C28H44O7/c1-4-5-13-23-24(35-28(2,3)34-23)17-16-21-20(12-8-6-7-9-14-26(30)31)22(29)19-25(21)33-27-15-10-11-18-32-27/h5,13,16-17,20-21,23-25,27H,4,6-12,14-15,18-19H2,1-3H3,(H,30,31)/b13-5+,17-16+/t20-,21-,23?,24?,25-,27?/m1/s1. The lowest BCUT2D eigenvalue weighted by atomic mass is 9.88. The molecule has 2 aliphatic heterocycles. The first-order chi connectivity index (χ1) is 16.8. The van der Waals surface area contributed by atoms with E-state index in [1.54, 1.807) is 0 Å². The zero-order valence-electron chi connectivity index (χ0n) is 21.7. The number of hydrogen-bond acceptors (Lipinski definition) is 6. The molecule has 3 fully saturated rings. The second-order valence-electron chi connectivity index (χ2n) is 10.5. The summed E-state index contributed by atoms with van der Waals surface area (Å²) in [7, 11) is 0. The molecular formula is C28H44O7. The Kier molecular flexibility index (Phi) is 11.0. The van der Waals surface area contributed by atoms with Gasteiger partial charge in [0, 0.05) is 31.3 Å². The third kappa shape index (κ3) is 8.81. The van der Waals surface area contributed by atoms with E-state index in [-0.39, 0.29) is 48.6 Å². The van der Waals surface area contributed by atoms with Crippen LogP contribution in [0.1, 0.15) is 91.4 Å². The molecular weight excluding hydrogens is 448 g/mol. The number of carboxylic acids is 1. The molecule has 0 bridgehead atoms. The van der Waals surface area contributed by atoms with Crippen LogP contribution in [0, 0.1) is 11.8 Å². The first-order valence-corrected chi connectivity index (χ1v) is 13.5. The van der Waals surface area contributed by atoms with Crippen LogP contribution >= 0.6 is 0 Å². The maximum atomic E-state index is 13.1. The van der Waals surface area contributed by atoms with Gasteiger partial charge in [-0.3, -0.25) is 9.59 Å². The molecule has 6 atom stereocenters. The molecule has 3 aliphatic rings. The summed E-state index contributed by atoms with van der Waals surface area (Å²) in [4.78, 5) is 23.8. The summed E-state index contributed by atoms with van der Waals surface area (Å²) < 4.78 is 24.4. The number of carbonyl (C=O) groups is 2. The molecule has 198 valence electrons. The van der Waals surface area contributed by atoms with Gasteiger partial charge in [-0.25, -0.2) is 0 Å². The SMILES string of the molecule is CC/C=C/C1OC(C)(C)OC1/C=C/[C@H]1[C@H](OC2CCCCO2)CC(=O)[C@@H]1CCCCCCC(=O)O. The lowest BCUT2D eigenvalue weighted by Gasteiger charge is -2.29. The number of hydrogen-bond donors (Lipinski definition) is 1. The van der Waals surface area contributed by atoms with Crippen molar-refractivity contribution >= 4 is 11.8 Å². The van der Waals surface area contributed by atoms with Gasteiger partial charge >= 0.3 is 5.97 Å². The Bertz CT molecular complexity index is 738. The van der Waals surface area contributed by atoms with Crippen molar-refractivity contribution in [3.05, 3.63) is 24.3 Å². The van der Waals surface area contributed by atoms with Crippen LogP contribution in [0.25, 0.3) is 0 Å². The molecule has 1 N–H and O–H groups in total. The molecule has 2 heterocycles. The van der Waals surface area contributed by atoms with E-state index in [2.05, 4.69) is 31.2 Å². The highest BCUT2D eigenvalue weighted by Crippen LogP contribution is 2.38. The molecule has 1 aliphatic carbocycles. The zero-order valence-corrected chi connectivity index (χ0v) is 21.7. The highest BCUT2D eigenvalue weighted by molar-refractivity contribution is 5.84. The van der Waals surface area contributed by atoms with Gasteiger partial charge in [0.2, 0.25) is 0 Å². The zero-order chi connectivity index (χ0) is 25.3. The van der Waals surface area contributed by atoms with Crippen LogP contribution in [0.4, 0.5) is 0 Å². The van der Waals surface area contributed by atoms with Crippen molar-refractivity contribution in [2.75, 3.05) is 6.61 Å². The van der Waals surface area contributed by atoms with Gasteiger partial charge in [-0.1, -0.05) is 50.5 Å². The van der Waals surface area contributed by atoms with Crippen LogP contribution in [0.2, 0.25) is 0 Å². The smallest absolute Gasteiger partial charge is 0.303 e. The van der Waals surface area contributed by atoms with Crippen molar-refractivity contribution in [2.45, 2.75) is 122 Å². The average molecular weight is 493 g/mol. The molecule has 2 saturated heterocycles. The molecule has 0 aromatic rings. The van der Waals surface area contributed by atoms with Crippen LogP contribution in [-0.4, -0.2) is 53.9 Å². The minimum Gasteiger partial charge on any atom is -0.481 e. The number of aliphatic carboxylic acids is 1. The van der Waals surface area contributed by atoms with E-state index in [9.17, 15) is 9.59 Å². The summed E-state index contributed by atoms with van der Waals surface area (Å²) in [5, 5.41) is 8.82. The maximum absolute atomic E-state index is 13.1. The third-order valence-corrected chi connectivity index (χ3v) is 7.08. The van der Waals surface area contributed by atoms with E-state index in [0.717, 1.165) is 51.4 Å². The quantitative estimate of drug-likeness (QED) is 0.265. The van der Waals surface area contributed by atoms with Crippen molar-refractivity contribution in [3.8, 4) is 0 Å². The highest BCUT2D eigenvalue weighted by atomic mass is 16.7. The third-order valence-electron chi connectivity index (χ3n) is 7.08. The molecule has 1 saturated carbocycles. The normalized spacial score (nSPS) is 33.3. The van der Waals surface area contributed by atoms with E-state index in [1.165, 1.54) is 0 Å². The fraction of sp³-hybridized carbons (Fsp3) is 0.786. The Morgan fingerprint density at radius 3 is 2.51 bits per heavy atom. The fourth-order valence-corrected chi connectivity index (χ4v) is 5.34. The van der Waals surface area contributed by atoms with Gasteiger partial charge in [0.1, 0.15) is 18.0 Å². The van der Waals surface area contributed by atoms with E-state index < -0.39 is 11.8 Å². The van der Waals surface area contributed by atoms with E-state index >= 15 is 0 Å². The van der Waals surface area contributed by atoms with Gasteiger partial charge in [0.05, 0.1) is 6.10 Å². The summed E-state index contributed by atoms with van der Waals surface area (Å²) in [6.07, 6.45) is 16.3. The number of allylic oxidation sites excluding steroid dienone is 1. The number of carbonyl (C=O) groups excluding carboxylic acids is 1. The van der Waals surface area contributed by atoms with Gasteiger partial charge < -0.3 is 24.1 Å². The van der Waals surface area contributed by atoms with E-state index in [1.807, 2.05) is 13.8 Å². The van der Waals surface area contributed by atoms with Gasteiger partial charge in [0.15, 0.2) is 12.1 Å². The molecule has 0 amide bonds. The Morgan fingerprint density at radius 1 is 1.09 bits per heavy atom. The second-order valence-corrected chi connectivity index (χ2v) is 10.5. The van der Waals surface area contributed by atoms with Crippen LogP contribution in [0.5, 0.6) is 0 Å². The number of Topliss-reactive ketones (excluding diaryl/α,β-unsaturated/α-hetero) is 1. The largest absolute Gasteiger partial charge is 0.481 e. The molecule has 3 rings (SSSR count). The van der Waals surface area contributed by atoms with Crippen LogP contribution in [-0.2, 0) is 28.5 Å². The Balaban J connectivity index is 1.67. The fourth-order valence-electron chi connectivity index (χ4n) is 5.34. The average Bonchev–Trinajstić information content (AvgIpc) is 3.27. The molecule has 3 unspecified atom stereocenters. The van der Waals surface area contributed by atoms with Gasteiger partial charge in [-0.15, -0.1) is 0 Å². The summed E-state index contributed by atoms with van der Waals surface area (Å²) in [5.41, 5.74) is 0. The Morgan fingerprint density at radius 2 is 1.83 bits per heavy atom. The second kappa shape index (κ2) is 13.7. The molecule has 7 heteroatoms. The number of carboxylic acid groups (broad SMARTS) is 1. The van der Waals surface area contributed by atoms with Crippen molar-refractivity contribution in [2.24, 2.45) is 11.8 Å². The predicted octanol–water partition coefficient (Wildman–Crippen LogP) is 5.57. The van der Waals surface area contributed by atoms with Crippen molar-refractivity contribution in [1.29, 1.82) is 0 Å². The monoisotopic (exact) mass is 492 g/mol. The molecule has 7 nitrogen and oxygen atoms in total. The van der Waals surface area contributed by atoms with Crippen LogP contribution < -0.4 is 0 Å². The lowest BCUT2D eigenvalue weighted by molar-refractivity contribution is -0.192. The molecule has 0 spiro atoms. The number of rotatable bonds is 13. The molecule has 35 heavy (non-hydrogen) atoms. The lowest BCUT2D eigenvalue weighted by Crippen LogP contribution is -2.31. The summed E-state index contributed by atoms with van der Waals surface area (Å²) >= 11 is 0. The maximum Gasteiger partial charge on any atom is 0.303 e. The number of ether oxygens (including phenoxy) is 4. The first kappa shape index (κ1) is 28.0.